The second-order valence-corrected chi connectivity index (χ2v) is 5.46. The van der Waals surface area contributed by atoms with Gasteiger partial charge in [0.15, 0.2) is 0 Å². The van der Waals surface area contributed by atoms with Crippen LogP contribution in [0.3, 0.4) is 0 Å². The van der Waals surface area contributed by atoms with Gasteiger partial charge < -0.3 is 4.74 Å². The molecule has 1 aromatic heterocycles. The van der Waals surface area contributed by atoms with Gasteiger partial charge in [0.1, 0.15) is 12.2 Å². The lowest BCUT2D eigenvalue weighted by atomic mass is 10.1. The van der Waals surface area contributed by atoms with Gasteiger partial charge >= 0.3 is 10.3 Å². The van der Waals surface area contributed by atoms with E-state index in [4.69, 9.17) is 33.1 Å². The van der Waals surface area contributed by atoms with Crippen molar-refractivity contribution in [3.8, 4) is 0 Å². The monoisotopic (exact) mass is 314 g/mol. The molecule has 0 aliphatic carbocycles. The minimum atomic E-state index is -4.09. The summed E-state index contributed by atoms with van der Waals surface area (Å²) in [6.07, 6.45) is 1.07. The molecule has 0 radical (unpaired) electrons. The van der Waals surface area contributed by atoms with Crippen molar-refractivity contribution in [2.45, 2.75) is 19.1 Å². The summed E-state index contributed by atoms with van der Waals surface area (Å²) in [4.78, 5) is 3.79. The van der Waals surface area contributed by atoms with Gasteiger partial charge in [0.2, 0.25) is 0 Å². The zero-order chi connectivity index (χ0) is 13.9. The van der Waals surface area contributed by atoms with Crippen LogP contribution in [-0.2, 0) is 19.2 Å². The Bertz CT molecular complexity index is 503. The van der Waals surface area contributed by atoms with Crippen LogP contribution in [0, 0.1) is 0 Å². The second kappa shape index (κ2) is 6.14. The van der Waals surface area contributed by atoms with Gasteiger partial charge in [-0.1, -0.05) is 23.2 Å². The summed E-state index contributed by atoms with van der Waals surface area (Å²) in [7, 11) is -2.72. The molecule has 0 aliphatic rings. The van der Waals surface area contributed by atoms with Crippen molar-refractivity contribution in [1.29, 1.82) is 0 Å². The van der Waals surface area contributed by atoms with Gasteiger partial charge in [-0.3, -0.25) is 9.17 Å². The molecular formula is C9H12Cl2N2O4S. The third kappa shape index (κ3) is 4.04. The van der Waals surface area contributed by atoms with Crippen molar-refractivity contribution in [1.82, 2.24) is 4.98 Å². The number of hydrogen-bond acceptors (Lipinski definition) is 5. The molecule has 0 aromatic carbocycles. The first-order valence-corrected chi connectivity index (χ1v) is 7.01. The summed E-state index contributed by atoms with van der Waals surface area (Å²) in [5.41, 5.74) is 0.395. The maximum absolute atomic E-state index is 10.9. The van der Waals surface area contributed by atoms with Gasteiger partial charge in [-0.15, -0.1) is 0 Å². The Balaban J connectivity index is 3.10. The van der Waals surface area contributed by atoms with E-state index in [-0.39, 0.29) is 10.0 Å². The Morgan fingerprint density at radius 2 is 1.83 bits per heavy atom. The number of nitrogens with zero attached hydrogens (tertiary/aromatic N) is 1. The van der Waals surface area contributed by atoms with E-state index in [1.807, 2.05) is 0 Å². The van der Waals surface area contributed by atoms with Crippen molar-refractivity contribution in [2.24, 2.45) is 5.14 Å². The molecule has 1 rings (SSSR count). The maximum atomic E-state index is 10.9. The molecule has 0 aliphatic heterocycles. The summed E-state index contributed by atoms with van der Waals surface area (Å²) < 4.78 is 31.6. The summed E-state index contributed by atoms with van der Waals surface area (Å²) in [6, 6.07) is 0. The Labute approximate surface area is 115 Å². The molecule has 1 aromatic rings. The average Bonchev–Trinajstić information content (AvgIpc) is 2.20. The van der Waals surface area contributed by atoms with Gasteiger partial charge in [0, 0.05) is 25.1 Å². The van der Waals surface area contributed by atoms with E-state index in [2.05, 4.69) is 9.17 Å². The molecular weight excluding hydrogens is 303 g/mol. The van der Waals surface area contributed by atoms with Gasteiger partial charge in [0.05, 0.1) is 10.0 Å². The van der Waals surface area contributed by atoms with Gasteiger partial charge in [0.25, 0.3) is 0 Å². The van der Waals surface area contributed by atoms with E-state index < -0.39 is 22.5 Å². The highest BCUT2D eigenvalue weighted by Gasteiger charge is 2.27. The SMILES string of the molecule is CO[C@H](c1c(Cl)cncc1Cl)[C@@H](C)OS(N)(=O)=O. The van der Waals surface area contributed by atoms with Crippen molar-refractivity contribution in [2.75, 3.05) is 7.11 Å². The fourth-order valence-corrected chi connectivity index (χ4v) is 2.60. The van der Waals surface area contributed by atoms with Crippen LogP contribution in [0.4, 0.5) is 0 Å². The molecule has 2 atom stereocenters. The summed E-state index contributed by atoms with van der Waals surface area (Å²) in [6.45, 7) is 1.48. The molecule has 0 bridgehead atoms. The van der Waals surface area contributed by atoms with Gasteiger partial charge in [-0.25, -0.2) is 5.14 Å². The smallest absolute Gasteiger partial charge is 0.333 e. The molecule has 1 heterocycles. The standard InChI is InChI=1S/C9H12Cl2N2O4S/c1-5(17-18(12,14)15)9(16-2)8-6(10)3-13-4-7(8)11/h3-5,9H,1-2H3,(H2,12,14,15)/t5-,9+/m1/s1. The van der Waals surface area contributed by atoms with Crippen molar-refractivity contribution in [3.63, 3.8) is 0 Å². The molecule has 2 N–H and O–H groups in total. The highest BCUT2D eigenvalue weighted by atomic mass is 35.5. The fourth-order valence-electron chi connectivity index (χ4n) is 1.50. The largest absolute Gasteiger partial charge is 0.374 e. The topological polar surface area (TPSA) is 91.5 Å². The number of pyridine rings is 1. The first kappa shape index (κ1) is 15.6. The lowest BCUT2D eigenvalue weighted by Crippen LogP contribution is -2.28. The maximum Gasteiger partial charge on any atom is 0.333 e. The van der Waals surface area contributed by atoms with E-state index in [9.17, 15) is 8.42 Å². The van der Waals surface area contributed by atoms with Crippen LogP contribution >= 0.6 is 23.2 Å². The zero-order valence-corrected chi connectivity index (χ0v) is 12.0. The van der Waals surface area contributed by atoms with Crippen LogP contribution in [-0.4, -0.2) is 26.6 Å². The van der Waals surface area contributed by atoms with Crippen LogP contribution < -0.4 is 5.14 Å². The van der Waals surface area contributed by atoms with Gasteiger partial charge in [-0.2, -0.15) is 8.42 Å². The summed E-state index contributed by atoms with van der Waals surface area (Å²) >= 11 is 11.9. The van der Waals surface area contributed by atoms with Crippen LogP contribution in [0.2, 0.25) is 10.0 Å². The molecule has 0 spiro atoms. The number of nitrogens with two attached hydrogens (primary N) is 1. The Hall–Kier alpha value is -0.440. The number of ether oxygens (including phenoxy) is 1. The van der Waals surface area contributed by atoms with Crippen molar-refractivity contribution < 1.29 is 17.3 Å². The highest BCUT2D eigenvalue weighted by molar-refractivity contribution is 7.84. The van der Waals surface area contributed by atoms with Gasteiger partial charge in [-0.05, 0) is 6.92 Å². The number of hydrogen-bond donors (Lipinski definition) is 1. The molecule has 0 saturated carbocycles. The third-order valence-corrected chi connectivity index (χ3v) is 3.32. The van der Waals surface area contributed by atoms with E-state index in [1.54, 1.807) is 0 Å². The van der Waals surface area contributed by atoms with Crippen molar-refractivity contribution >= 4 is 33.5 Å². The minimum absolute atomic E-state index is 0.249. The molecule has 0 unspecified atom stereocenters. The van der Waals surface area contributed by atoms with Crippen LogP contribution in [0.25, 0.3) is 0 Å². The predicted molar refractivity (Wildman–Crippen MR) is 67.7 cm³/mol. The molecule has 0 saturated heterocycles. The van der Waals surface area contributed by atoms with Crippen LogP contribution in [0.1, 0.15) is 18.6 Å². The summed E-state index contributed by atoms with van der Waals surface area (Å²) in [5.74, 6) is 0. The van der Waals surface area contributed by atoms with Crippen LogP contribution in [0.15, 0.2) is 12.4 Å². The Morgan fingerprint density at radius 1 is 1.33 bits per heavy atom. The number of methoxy groups -OCH3 is 1. The molecule has 18 heavy (non-hydrogen) atoms. The molecule has 6 nitrogen and oxygen atoms in total. The quantitative estimate of drug-likeness (QED) is 0.892. The highest BCUT2D eigenvalue weighted by Crippen LogP contribution is 2.34. The number of rotatable bonds is 5. The number of halogens is 2. The lowest BCUT2D eigenvalue weighted by molar-refractivity contribution is 0.0126. The zero-order valence-electron chi connectivity index (χ0n) is 9.63. The van der Waals surface area contributed by atoms with Crippen LogP contribution in [0.5, 0.6) is 0 Å². The summed E-state index contributed by atoms with van der Waals surface area (Å²) in [5, 5.41) is 5.30. The molecule has 0 amide bonds. The Morgan fingerprint density at radius 3 is 2.22 bits per heavy atom. The molecule has 9 heteroatoms. The normalized spacial score (nSPS) is 15.4. The van der Waals surface area contributed by atoms with E-state index in [1.165, 1.54) is 26.4 Å². The van der Waals surface area contributed by atoms with E-state index >= 15 is 0 Å². The first-order valence-electron chi connectivity index (χ1n) is 4.79. The van der Waals surface area contributed by atoms with E-state index in [0.717, 1.165) is 0 Å². The van der Waals surface area contributed by atoms with Crippen molar-refractivity contribution in [3.05, 3.63) is 28.0 Å². The molecule has 0 fully saturated rings. The first-order chi connectivity index (χ1) is 8.26. The Kier molecular flexibility index (Phi) is 5.32. The number of aromatic nitrogens is 1. The molecule has 102 valence electrons. The fraction of sp³-hybridized carbons (Fsp3) is 0.444. The minimum Gasteiger partial charge on any atom is -0.374 e. The third-order valence-electron chi connectivity index (χ3n) is 2.14. The average molecular weight is 315 g/mol. The van der Waals surface area contributed by atoms with E-state index in [0.29, 0.717) is 5.56 Å². The predicted octanol–water partition coefficient (Wildman–Crippen LogP) is 1.68. The lowest BCUT2D eigenvalue weighted by Gasteiger charge is -2.23. The second-order valence-electron chi connectivity index (χ2n) is 3.47.